The zero-order valence-corrected chi connectivity index (χ0v) is 14.4. The summed E-state index contributed by atoms with van der Waals surface area (Å²) in [5.74, 6) is 0. The van der Waals surface area contributed by atoms with Crippen molar-refractivity contribution in [1.29, 1.82) is 0 Å². The molecule has 2 aromatic heterocycles. The third kappa shape index (κ3) is 2.84. The van der Waals surface area contributed by atoms with Crippen LogP contribution in [0.2, 0.25) is 0 Å². The van der Waals surface area contributed by atoms with E-state index in [-0.39, 0.29) is 24.0 Å². The van der Waals surface area contributed by atoms with Gasteiger partial charge < -0.3 is 28.4 Å². The van der Waals surface area contributed by atoms with Crippen LogP contribution >= 0.6 is 15.9 Å². The minimum absolute atomic E-state index is 0. The smallest absolute Gasteiger partial charge is 0.137 e. The minimum atomic E-state index is 0. The number of benzene rings is 1. The maximum atomic E-state index is 4.67. The molecule has 0 aliphatic rings. The van der Waals surface area contributed by atoms with Gasteiger partial charge in [0.15, 0.2) is 0 Å². The Morgan fingerprint density at radius 3 is 2.63 bits per heavy atom. The van der Waals surface area contributed by atoms with E-state index in [9.17, 15) is 0 Å². The van der Waals surface area contributed by atoms with Crippen molar-refractivity contribution in [2.45, 2.75) is 13.8 Å². The molecule has 2 heterocycles. The van der Waals surface area contributed by atoms with Crippen molar-refractivity contribution >= 4 is 21.6 Å². The first-order chi connectivity index (χ1) is 8.63. The summed E-state index contributed by atoms with van der Waals surface area (Å²) in [6, 6.07) is 10.5. The van der Waals surface area contributed by atoms with Crippen molar-refractivity contribution in [3.05, 3.63) is 58.3 Å². The van der Waals surface area contributed by atoms with Crippen LogP contribution in [0.25, 0.3) is 16.9 Å². The van der Waals surface area contributed by atoms with Gasteiger partial charge in [0.2, 0.25) is 0 Å². The molecule has 2 nitrogen and oxygen atoms in total. The Kier molecular flexibility index (Phi) is 4.30. The Balaban J connectivity index is 0.00000133. The molecule has 0 atom stereocenters. The Hall–Kier alpha value is -0.880. The lowest BCUT2D eigenvalue weighted by Gasteiger charge is -2.03. The minimum Gasteiger partial charge on any atom is -1.00 e. The fraction of sp³-hybridized carbons (Fsp3) is 0.133. The molecule has 98 valence electrons. The summed E-state index contributed by atoms with van der Waals surface area (Å²) in [4.78, 5) is 4.67. The predicted octanol–water partition coefficient (Wildman–Crippen LogP) is 1.38. The van der Waals surface area contributed by atoms with Gasteiger partial charge in [-0.3, -0.25) is 0 Å². The van der Waals surface area contributed by atoms with E-state index in [1.54, 1.807) is 0 Å². The summed E-state index contributed by atoms with van der Waals surface area (Å²) < 4.78 is 3.10. The second-order valence-electron chi connectivity index (χ2n) is 4.56. The van der Waals surface area contributed by atoms with Crippen molar-refractivity contribution in [2.75, 3.05) is 0 Å². The van der Waals surface area contributed by atoms with Crippen LogP contribution in [0, 0.1) is 13.8 Å². The maximum Gasteiger partial charge on any atom is 0.137 e. The Morgan fingerprint density at radius 2 is 1.84 bits per heavy atom. The molecule has 0 saturated heterocycles. The van der Waals surface area contributed by atoms with Crippen molar-refractivity contribution < 1.29 is 24.0 Å². The molecule has 1 aromatic carbocycles. The first kappa shape index (κ1) is 14.5. The van der Waals surface area contributed by atoms with Gasteiger partial charge in [0.25, 0.3) is 0 Å². The summed E-state index contributed by atoms with van der Waals surface area (Å²) >= 11 is 3.48. The van der Waals surface area contributed by atoms with Crippen LogP contribution in [0.1, 0.15) is 11.1 Å². The monoisotopic (exact) mass is 427 g/mol. The van der Waals surface area contributed by atoms with Crippen LogP contribution in [0.3, 0.4) is 0 Å². The van der Waals surface area contributed by atoms with Crippen molar-refractivity contribution in [3.8, 4) is 11.3 Å². The Labute approximate surface area is 138 Å². The van der Waals surface area contributed by atoms with Gasteiger partial charge in [-0.1, -0.05) is 17.7 Å². The topological polar surface area (TPSA) is 17.3 Å². The number of imidazole rings is 1. The highest BCUT2D eigenvalue weighted by Crippen LogP contribution is 2.24. The van der Waals surface area contributed by atoms with E-state index >= 15 is 0 Å². The first-order valence-electron chi connectivity index (χ1n) is 5.85. The maximum absolute atomic E-state index is 4.67. The third-order valence-corrected chi connectivity index (χ3v) is 3.55. The van der Waals surface area contributed by atoms with Gasteiger partial charge in [0.1, 0.15) is 5.65 Å². The SMILES string of the molecule is Cc1ccc(C)c(-c2cn3cc(Br)ccc3n2)c1.[I-]. The van der Waals surface area contributed by atoms with E-state index in [1.165, 1.54) is 16.7 Å². The van der Waals surface area contributed by atoms with Crippen LogP contribution in [0.4, 0.5) is 0 Å². The molecule has 0 aliphatic carbocycles. The number of fused-ring (bicyclic) bond motifs is 1. The largest absolute Gasteiger partial charge is 1.00 e. The summed E-state index contributed by atoms with van der Waals surface area (Å²) in [6.45, 7) is 4.23. The van der Waals surface area contributed by atoms with Crippen molar-refractivity contribution in [2.24, 2.45) is 0 Å². The highest BCUT2D eigenvalue weighted by atomic mass is 127. The van der Waals surface area contributed by atoms with Crippen LogP contribution < -0.4 is 24.0 Å². The lowest BCUT2D eigenvalue weighted by atomic mass is 10.0. The Morgan fingerprint density at radius 1 is 1.05 bits per heavy atom. The van der Waals surface area contributed by atoms with Crippen LogP contribution in [-0.4, -0.2) is 9.38 Å². The molecule has 0 bridgehead atoms. The Bertz CT molecular complexity index is 734. The zero-order chi connectivity index (χ0) is 12.7. The molecule has 19 heavy (non-hydrogen) atoms. The average molecular weight is 428 g/mol. The lowest BCUT2D eigenvalue weighted by Crippen LogP contribution is -3.00. The highest BCUT2D eigenvalue weighted by molar-refractivity contribution is 9.10. The van der Waals surface area contributed by atoms with Gasteiger partial charge in [-0.25, -0.2) is 4.98 Å². The van der Waals surface area contributed by atoms with Crippen molar-refractivity contribution in [3.63, 3.8) is 0 Å². The molecule has 3 aromatic rings. The molecule has 0 aliphatic heterocycles. The van der Waals surface area contributed by atoms with Crippen molar-refractivity contribution in [1.82, 2.24) is 9.38 Å². The van der Waals surface area contributed by atoms with E-state index < -0.39 is 0 Å². The standard InChI is InChI=1S/C15H13BrN2.HI/c1-10-3-4-11(2)13(7-10)14-9-18-8-12(16)5-6-15(18)17-14;/h3-9H,1-2H3;1H/p-1. The van der Waals surface area contributed by atoms with Crippen LogP contribution in [-0.2, 0) is 0 Å². The second kappa shape index (κ2) is 5.63. The number of aromatic nitrogens is 2. The van der Waals surface area contributed by atoms with Gasteiger partial charge in [-0.2, -0.15) is 0 Å². The molecular weight excluding hydrogens is 415 g/mol. The summed E-state index contributed by atoms with van der Waals surface area (Å²) in [5.41, 5.74) is 5.70. The molecule has 0 unspecified atom stereocenters. The number of pyridine rings is 1. The highest BCUT2D eigenvalue weighted by Gasteiger charge is 2.07. The number of halogens is 2. The summed E-state index contributed by atoms with van der Waals surface area (Å²) in [7, 11) is 0. The zero-order valence-electron chi connectivity index (χ0n) is 10.7. The third-order valence-electron chi connectivity index (χ3n) is 3.08. The van der Waals surface area contributed by atoms with E-state index in [2.05, 4.69) is 59.2 Å². The molecule has 0 radical (unpaired) electrons. The molecular formula is C15H13BrIN2-. The molecule has 3 rings (SSSR count). The predicted molar refractivity (Wildman–Crippen MR) is 77.8 cm³/mol. The van der Waals surface area contributed by atoms with E-state index in [0.29, 0.717) is 0 Å². The lowest BCUT2D eigenvalue weighted by molar-refractivity contribution is -0.00000368. The summed E-state index contributed by atoms with van der Waals surface area (Å²) in [5, 5.41) is 0. The van der Waals surface area contributed by atoms with E-state index in [1.807, 2.05) is 22.7 Å². The molecule has 0 fully saturated rings. The molecule has 0 amide bonds. The summed E-state index contributed by atoms with van der Waals surface area (Å²) in [6.07, 6.45) is 4.10. The van der Waals surface area contributed by atoms with Gasteiger partial charge in [-0.15, -0.1) is 0 Å². The normalized spacial score (nSPS) is 10.5. The average Bonchev–Trinajstić information content (AvgIpc) is 2.74. The number of nitrogens with zero attached hydrogens (tertiary/aromatic N) is 2. The number of aryl methyl sites for hydroxylation is 2. The van der Waals surface area contributed by atoms with Gasteiger partial charge >= 0.3 is 0 Å². The van der Waals surface area contributed by atoms with E-state index in [0.717, 1.165) is 15.8 Å². The first-order valence-corrected chi connectivity index (χ1v) is 6.65. The van der Waals surface area contributed by atoms with Gasteiger partial charge in [0, 0.05) is 22.4 Å². The molecule has 0 spiro atoms. The van der Waals surface area contributed by atoms with Gasteiger partial charge in [-0.05, 0) is 53.5 Å². The second-order valence-corrected chi connectivity index (χ2v) is 5.47. The number of hydrogen-bond donors (Lipinski definition) is 0. The van der Waals surface area contributed by atoms with E-state index in [4.69, 9.17) is 0 Å². The molecule has 0 N–H and O–H groups in total. The molecule has 0 saturated carbocycles. The number of hydrogen-bond acceptors (Lipinski definition) is 1. The van der Waals surface area contributed by atoms with Gasteiger partial charge in [0.05, 0.1) is 5.69 Å². The fourth-order valence-electron chi connectivity index (χ4n) is 2.11. The fourth-order valence-corrected chi connectivity index (χ4v) is 2.46. The quantitative estimate of drug-likeness (QED) is 0.536. The molecule has 4 heteroatoms. The van der Waals surface area contributed by atoms with Crippen LogP contribution in [0.5, 0.6) is 0 Å². The number of rotatable bonds is 1. The van der Waals surface area contributed by atoms with Crippen LogP contribution in [0.15, 0.2) is 47.2 Å².